The van der Waals surface area contributed by atoms with Gasteiger partial charge in [-0.15, -0.1) is 0 Å². The van der Waals surface area contributed by atoms with Crippen molar-refractivity contribution in [2.45, 2.75) is 26.1 Å². The van der Waals surface area contributed by atoms with Gasteiger partial charge in [0, 0.05) is 11.6 Å². The predicted molar refractivity (Wildman–Crippen MR) is 97.2 cm³/mol. The molecule has 0 saturated carbocycles. The second kappa shape index (κ2) is 8.74. The lowest BCUT2D eigenvalue weighted by molar-refractivity contribution is -0.127. The molecule has 2 N–H and O–H groups in total. The van der Waals surface area contributed by atoms with Crippen LogP contribution >= 0.6 is 11.6 Å². The van der Waals surface area contributed by atoms with Crippen molar-refractivity contribution in [2.75, 3.05) is 13.7 Å². The molecule has 1 amide bonds. The second-order valence-corrected chi connectivity index (χ2v) is 6.11. The quantitative estimate of drug-likeness (QED) is 0.792. The van der Waals surface area contributed by atoms with Crippen LogP contribution in [0.15, 0.2) is 42.5 Å². The number of methoxy groups -OCH3 is 1. The Morgan fingerprint density at radius 1 is 1.20 bits per heavy atom. The molecule has 0 aromatic heterocycles. The van der Waals surface area contributed by atoms with Crippen molar-refractivity contribution < 1.29 is 19.4 Å². The number of aliphatic hydroxyl groups is 1. The minimum atomic E-state index is -0.806. The first-order chi connectivity index (χ1) is 11.9. The fourth-order valence-corrected chi connectivity index (χ4v) is 2.35. The van der Waals surface area contributed by atoms with Gasteiger partial charge in [0.05, 0.1) is 13.2 Å². The minimum absolute atomic E-state index is 0.0957. The Balaban J connectivity index is 1.86. The van der Waals surface area contributed by atoms with Gasteiger partial charge in [-0.1, -0.05) is 23.7 Å². The van der Waals surface area contributed by atoms with E-state index in [9.17, 15) is 9.90 Å². The lowest BCUT2D eigenvalue weighted by atomic mass is 10.1. The van der Waals surface area contributed by atoms with Crippen molar-refractivity contribution in [3.63, 3.8) is 0 Å². The molecule has 6 heteroatoms. The number of hydrogen-bond donors (Lipinski definition) is 2. The number of nitrogens with one attached hydrogen (secondary N) is 1. The molecule has 0 aliphatic carbocycles. The number of rotatable bonds is 7. The number of amides is 1. The highest BCUT2D eigenvalue weighted by molar-refractivity contribution is 6.31. The first-order valence-electron chi connectivity index (χ1n) is 7.93. The molecule has 2 aromatic rings. The largest absolute Gasteiger partial charge is 0.497 e. The third-order valence-electron chi connectivity index (χ3n) is 3.78. The summed E-state index contributed by atoms with van der Waals surface area (Å²) in [4.78, 5) is 12.1. The molecule has 0 aliphatic rings. The van der Waals surface area contributed by atoms with E-state index in [2.05, 4.69) is 5.32 Å². The molecule has 134 valence electrons. The van der Waals surface area contributed by atoms with E-state index in [1.54, 1.807) is 56.5 Å². The van der Waals surface area contributed by atoms with Gasteiger partial charge in [0.25, 0.3) is 5.91 Å². The van der Waals surface area contributed by atoms with E-state index in [-0.39, 0.29) is 12.5 Å². The zero-order chi connectivity index (χ0) is 18.4. The van der Waals surface area contributed by atoms with Crippen LogP contribution in [0.5, 0.6) is 11.5 Å². The Hall–Kier alpha value is -2.24. The number of ether oxygens (including phenoxy) is 2. The van der Waals surface area contributed by atoms with Crippen molar-refractivity contribution in [1.82, 2.24) is 5.32 Å². The fourth-order valence-electron chi connectivity index (χ4n) is 2.23. The highest BCUT2D eigenvalue weighted by atomic mass is 35.5. The molecule has 0 fully saturated rings. The van der Waals surface area contributed by atoms with E-state index in [0.717, 1.165) is 5.56 Å². The van der Waals surface area contributed by atoms with Crippen LogP contribution < -0.4 is 14.8 Å². The van der Waals surface area contributed by atoms with E-state index in [4.69, 9.17) is 21.1 Å². The summed E-state index contributed by atoms with van der Waals surface area (Å²) in [6.07, 6.45) is -1.50. The summed E-state index contributed by atoms with van der Waals surface area (Å²) in [5, 5.41) is 13.5. The fraction of sp³-hybridized carbons (Fsp3) is 0.316. The lowest BCUT2D eigenvalue weighted by Gasteiger charge is -2.17. The lowest BCUT2D eigenvalue weighted by Crippen LogP contribution is -2.38. The van der Waals surface area contributed by atoms with Gasteiger partial charge in [-0.25, -0.2) is 0 Å². The first-order valence-corrected chi connectivity index (χ1v) is 8.31. The number of carbonyl (C=O) groups is 1. The van der Waals surface area contributed by atoms with Gasteiger partial charge in [0.1, 0.15) is 11.5 Å². The van der Waals surface area contributed by atoms with Crippen LogP contribution in [0.2, 0.25) is 5.02 Å². The number of hydrogen-bond acceptors (Lipinski definition) is 4. The monoisotopic (exact) mass is 363 g/mol. The average Bonchev–Trinajstić information content (AvgIpc) is 2.62. The maximum atomic E-state index is 12.1. The normalized spacial score (nSPS) is 13.0. The zero-order valence-corrected chi connectivity index (χ0v) is 15.2. The van der Waals surface area contributed by atoms with Crippen molar-refractivity contribution in [2.24, 2.45) is 0 Å². The predicted octanol–water partition coefficient (Wildman–Crippen LogP) is 3.27. The smallest absolute Gasteiger partial charge is 0.260 e. The van der Waals surface area contributed by atoms with Crippen LogP contribution in [0.3, 0.4) is 0 Å². The zero-order valence-electron chi connectivity index (χ0n) is 14.5. The number of halogens is 1. The highest BCUT2D eigenvalue weighted by Gasteiger charge is 2.17. The minimum Gasteiger partial charge on any atom is -0.497 e. The summed E-state index contributed by atoms with van der Waals surface area (Å²) < 4.78 is 10.7. The van der Waals surface area contributed by atoms with E-state index in [0.29, 0.717) is 22.1 Å². The van der Waals surface area contributed by atoms with Crippen LogP contribution in [-0.2, 0) is 4.79 Å². The molecule has 0 saturated heterocycles. The van der Waals surface area contributed by atoms with Crippen molar-refractivity contribution >= 4 is 17.5 Å². The third-order valence-corrected chi connectivity index (χ3v) is 4.21. The number of benzene rings is 2. The number of aliphatic hydroxyl groups excluding tert-OH is 1. The van der Waals surface area contributed by atoms with Gasteiger partial charge in [-0.3, -0.25) is 4.79 Å². The summed E-state index contributed by atoms with van der Waals surface area (Å²) in [6.45, 7) is 3.61. The van der Waals surface area contributed by atoms with E-state index >= 15 is 0 Å². The second-order valence-electron chi connectivity index (χ2n) is 5.71. The first kappa shape index (κ1) is 19.1. The Morgan fingerprint density at radius 2 is 1.84 bits per heavy atom. The van der Waals surface area contributed by atoms with Gasteiger partial charge < -0.3 is 19.9 Å². The van der Waals surface area contributed by atoms with Crippen molar-refractivity contribution in [3.8, 4) is 11.5 Å². The number of carbonyl (C=O) groups excluding carboxylic acids is 1. The number of aryl methyl sites for hydroxylation is 1. The SMILES string of the molecule is COc1ccc(C(O)CNC(=O)C(C)Oc2ccc(Cl)c(C)c2)cc1. The third kappa shape index (κ3) is 5.37. The maximum absolute atomic E-state index is 12.1. The van der Waals surface area contributed by atoms with Gasteiger partial charge >= 0.3 is 0 Å². The van der Waals surface area contributed by atoms with Crippen LogP contribution in [0.25, 0.3) is 0 Å². The standard InChI is InChI=1S/C19H22ClNO4/c1-12-10-16(8-9-17(12)20)25-13(2)19(23)21-11-18(22)14-4-6-15(24-3)7-5-14/h4-10,13,18,22H,11H2,1-3H3,(H,21,23). The molecule has 2 unspecified atom stereocenters. The van der Waals surface area contributed by atoms with Gasteiger partial charge in [0.15, 0.2) is 6.10 Å². The summed E-state index contributed by atoms with van der Waals surface area (Å²) in [6, 6.07) is 12.2. The summed E-state index contributed by atoms with van der Waals surface area (Å²) in [5.74, 6) is 0.973. The van der Waals surface area contributed by atoms with Crippen molar-refractivity contribution in [3.05, 3.63) is 58.6 Å². The summed E-state index contributed by atoms with van der Waals surface area (Å²) in [5.41, 5.74) is 1.57. The molecule has 2 atom stereocenters. The molecular weight excluding hydrogens is 342 g/mol. The molecule has 0 radical (unpaired) electrons. The molecule has 0 heterocycles. The van der Waals surface area contributed by atoms with Crippen LogP contribution in [-0.4, -0.2) is 30.8 Å². The van der Waals surface area contributed by atoms with Crippen LogP contribution in [0, 0.1) is 6.92 Å². The molecule has 5 nitrogen and oxygen atoms in total. The summed E-state index contributed by atoms with van der Waals surface area (Å²) in [7, 11) is 1.58. The maximum Gasteiger partial charge on any atom is 0.260 e. The molecule has 0 spiro atoms. The van der Waals surface area contributed by atoms with Crippen LogP contribution in [0.4, 0.5) is 0 Å². The Morgan fingerprint density at radius 3 is 2.44 bits per heavy atom. The van der Waals surface area contributed by atoms with Gasteiger partial charge in [0.2, 0.25) is 0 Å². The van der Waals surface area contributed by atoms with E-state index in [1.807, 2.05) is 6.92 Å². The molecule has 2 aromatic carbocycles. The topological polar surface area (TPSA) is 67.8 Å². The van der Waals surface area contributed by atoms with Crippen LogP contribution in [0.1, 0.15) is 24.2 Å². The molecule has 2 rings (SSSR count). The molecule has 0 aliphatic heterocycles. The Labute approximate surface area is 152 Å². The molecule has 0 bridgehead atoms. The molecule has 25 heavy (non-hydrogen) atoms. The van der Waals surface area contributed by atoms with E-state index < -0.39 is 12.2 Å². The van der Waals surface area contributed by atoms with E-state index in [1.165, 1.54) is 0 Å². The average molecular weight is 364 g/mol. The Kier molecular flexibility index (Phi) is 6.67. The van der Waals surface area contributed by atoms with Gasteiger partial charge in [-0.2, -0.15) is 0 Å². The molecular formula is C19H22ClNO4. The van der Waals surface area contributed by atoms with Gasteiger partial charge in [-0.05, 0) is 55.3 Å². The summed E-state index contributed by atoms with van der Waals surface area (Å²) >= 11 is 5.97. The van der Waals surface area contributed by atoms with Crippen molar-refractivity contribution in [1.29, 1.82) is 0 Å². The Bertz CT molecular complexity index is 718. The highest BCUT2D eigenvalue weighted by Crippen LogP contribution is 2.22.